The second kappa shape index (κ2) is 6.34. The number of hydrogen-bond acceptors (Lipinski definition) is 5. The van der Waals surface area contributed by atoms with E-state index < -0.39 is 5.60 Å². The third-order valence-corrected chi connectivity index (χ3v) is 4.67. The van der Waals surface area contributed by atoms with Gasteiger partial charge in [-0.2, -0.15) is 0 Å². The van der Waals surface area contributed by atoms with Crippen LogP contribution in [-0.4, -0.2) is 66.2 Å². The summed E-state index contributed by atoms with van der Waals surface area (Å²) >= 11 is 0. The molecule has 1 saturated carbocycles. The van der Waals surface area contributed by atoms with Gasteiger partial charge in [-0.25, -0.2) is 4.79 Å². The van der Waals surface area contributed by atoms with Crippen molar-refractivity contribution in [2.75, 3.05) is 26.3 Å². The van der Waals surface area contributed by atoms with E-state index in [2.05, 4.69) is 19.2 Å². The minimum absolute atomic E-state index is 0.0304. The van der Waals surface area contributed by atoms with E-state index in [0.29, 0.717) is 26.3 Å². The molecule has 2 rings (SSSR count). The molecule has 128 valence electrons. The van der Waals surface area contributed by atoms with Gasteiger partial charge in [-0.05, 0) is 27.2 Å². The monoisotopic (exact) mass is 314 g/mol. The molecule has 3 unspecified atom stereocenters. The van der Waals surface area contributed by atoms with Crippen molar-refractivity contribution in [3.8, 4) is 0 Å². The highest BCUT2D eigenvalue weighted by atomic mass is 16.6. The van der Waals surface area contributed by atoms with E-state index in [0.717, 1.165) is 6.42 Å². The molecular weight excluding hydrogens is 284 g/mol. The molecule has 2 aliphatic rings. The van der Waals surface area contributed by atoms with Crippen LogP contribution in [0.25, 0.3) is 0 Å². The summed E-state index contributed by atoms with van der Waals surface area (Å²) in [6, 6.07) is 0.238. The Morgan fingerprint density at radius 3 is 2.68 bits per heavy atom. The standard InChI is InChI=1S/C16H30N2O4/c1-15(2,3)22-14(20)18-6-7-21-10-11(18)9-17-12-8-13(19)16(12,4)5/h11-13,17,19H,6-10H2,1-5H3. The van der Waals surface area contributed by atoms with Crippen molar-refractivity contribution >= 4 is 6.09 Å². The number of hydrogen-bond donors (Lipinski definition) is 2. The Bertz CT molecular complexity index is 405. The van der Waals surface area contributed by atoms with Crippen molar-refractivity contribution in [1.29, 1.82) is 0 Å². The predicted molar refractivity (Wildman–Crippen MR) is 83.7 cm³/mol. The Labute approximate surface area is 133 Å². The van der Waals surface area contributed by atoms with Crippen molar-refractivity contribution in [1.82, 2.24) is 10.2 Å². The second-order valence-electron chi connectivity index (χ2n) is 7.94. The molecular formula is C16H30N2O4. The van der Waals surface area contributed by atoms with Crippen molar-refractivity contribution in [3.63, 3.8) is 0 Å². The van der Waals surface area contributed by atoms with Gasteiger partial charge in [0.25, 0.3) is 0 Å². The van der Waals surface area contributed by atoms with Gasteiger partial charge in [0, 0.05) is 24.5 Å². The Hall–Kier alpha value is -0.850. The second-order valence-corrected chi connectivity index (χ2v) is 7.94. The van der Waals surface area contributed by atoms with E-state index >= 15 is 0 Å². The molecule has 0 radical (unpaired) electrons. The molecule has 0 aromatic carbocycles. The molecule has 1 aliphatic heterocycles. The molecule has 6 nitrogen and oxygen atoms in total. The smallest absolute Gasteiger partial charge is 0.410 e. The number of aliphatic hydroxyl groups excluding tert-OH is 1. The summed E-state index contributed by atoms with van der Waals surface area (Å²) in [5.74, 6) is 0. The highest BCUT2D eigenvalue weighted by Gasteiger charge is 2.47. The highest BCUT2D eigenvalue weighted by molar-refractivity contribution is 5.68. The van der Waals surface area contributed by atoms with Gasteiger partial charge in [0.2, 0.25) is 0 Å². The summed E-state index contributed by atoms with van der Waals surface area (Å²) in [5.41, 5.74) is -0.611. The number of ether oxygens (including phenoxy) is 2. The quantitative estimate of drug-likeness (QED) is 0.823. The Morgan fingerprint density at radius 1 is 1.45 bits per heavy atom. The highest BCUT2D eigenvalue weighted by Crippen LogP contribution is 2.40. The van der Waals surface area contributed by atoms with Gasteiger partial charge >= 0.3 is 6.09 Å². The minimum atomic E-state index is -0.493. The average Bonchev–Trinajstić information content (AvgIpc) is 2.41. The fourth-order valence-electron chi connectivity index (χ4n) is 2.91. The van der Waals surface area contributed by atoms with Gasteiger partial charge in [-0.3, -0.25) is 4.90 Å². The topological polar surface area (TPSA) is 71.0 Å². The number of carbonyl (C=O) groups is 1. The number of aliphatic hydroxyl groups is 1. The van der Waals surface area contributed by atoms with Crippen LogP contribution in [0.5, 0.6) is 0 Å². The zero-order chi connectivity index (χ0) is 16.5. The van der Waals surface area contributed by atoms with Crippen LogP contribution in [-0.2, 0) is 9.47 Å². The first kappa shape index (κ1) is 17.5. The largest absolute Gasteiger partial charge is 0.444 e. The van der Waals surface area contributed by atoms with Crippen LogP contribution in [0, 0.1) is 5.41 Å². The van der Waals surface area contributed by atoms with Gasteiger partial charge in [0.15, 0.2) is 0 Å². The van der Waals surface area contributed by atoms with Crippen LogP contribution in [0.15, 0.2) is 0 Å². The lowest BCUT2D eigenvalue weighted by molar-refractivity contribution is -0.0782. The van der Waals surface area contributed by atoms with Crippen LogP contribution >= 0.6 is 0 Å². The Kier molecular flexibility index (Phi) is 5.04. The van der Waals surface area contributed by atoms with Crippen molar-refractivity contribution in [3.05, 3.63) is 0 Å². The number of rotatable bonds is 3. The fourth-order valence-corrected chi connectivity index (χ4v) is 2.91. The maximum absolute atomic E-state index is 12.3. The molecule has 1 amide bonds. The van der Waals surface area contributed by atoms with E-state index in [1.165, 1.54) is 0 Å². The maximum Gasteiger partial charge on any atom is 0.410 e. The predicted octanol–water partition coefficient (Wildman–Crippen LogP) is 1.37. The molecule has 2 N–H and O–H groups in total. The summed E-state index contributed by atoms with van der Waals surface area (Å²) < 4.78 is 11.0. The maximum atomic E-state index is 12.3. The van der Waals surface area contributed by atoms with E-state index in [4.69, 9.17) is 9.47 Å². The molecule has 0 aromatic rings. The lowest BCUT2D eigenvalue weighted by atomic mass is 9.64. The first-order chi connectivity index (χ1) is 10.1. The molecule has 1 aliphatic carbocycles. The SMILES string of the molecule is CC(C)(C)OC(=O)N1CCOCC1CNC1CC(O)C1(C)C. The van der Waals surface area contributed by atoms with Gasteiger partial charge in [-0.15, -0.1) is 0 Å². The lowest BCUT2D eigenvalue weighted by Gasteiger charge is -2.50. The summed E-state index contributed by atoms with van der Waals surface area (Å²) in [6.45, 7) is 12.0. The molecule has 22 heavy (non-hydrogen) atoms. The first-order valence-electron chi connectivity index (χ1n) is 8.10. The number of nitrogens with zero attached hydrogens (tertiary/aromatic N) is 1. The number of morpholine rings is 1. The van der Waals surface area contributed by atoms with Crippen LogP contribution in [0.4, 0.5) is 4.79 Å². The normalized spacial score (nSPS) is 31.5. The fraction of sp³-hybridized carbons (Fsp3) is 0.938. The molecule has 1 saturated heterocycles. The average molecular weight is 314 g/mol. The first-order valence-corrected chi connectivity index (χ1v) is 8.10. The van der Waals surface area contributed by atoms with E-state index in [-0.39, 0.29) is 29.7 Å². The number of carbonyl (C=O) groups excluding carboxylic acids is 1. The van der Waals surface area contributed by atoms with Gasteiger partial charge < -0.3 is 19.9 Å². The van der Waals surface area contributed by atoms with E-state index in [1.807, 2.05) is 20.8 Å². The van der Waals surface area contributed by atoms with Crippen LogP contribution in [0.3, 0.4) is 0 Å². The molecule has 2 fully saturated rings. The van der Waals surface area contributed by atoms with Gasteiger partial charge in [0.1, 0.15) is 5.60 Å². The van der Waals surface area contributed by atoms with Crippen LogP contribution < -0.4 is 5.32 Å². The minimum Gasteiger partial charge on any atom is -0.444 e. The zero-order valence-electron chi connectivity index (χ0n) is 14.4. The summed E-state index contributed by atoms with van der Waals surface area (Å²) in [6.07, 6.45) is 0.220. The molecule has 0 aromatic heterocycles. The molecule has 3 atom stereocenters. The molecule has 0 spiro atoms. The summed E-state index contributed by atoms with van der Waals surface area (Å²) in [7, 11) is 0. The third kappa shape index (κ3) is 3.91. The zero-order valence-corrected chi connectivity index (χ0v) is 14.4. The van der Waals surface area contributed by atoms with Crippen LogP contribution in [0.2, 0.25) is 0 Å². The Morgan fingerprint density at radius 2 is 2.14 bits per heavy atom. The van der Waals surface area contributed by atoms with Gasteiger partial charge in [0.05, 0.1) is 25.4 Å². The summed E-state index contributed by atoms with van der Waals surface area (Å²) in [5, 5.41) is 13.3. The van der Waals surface area contributed by atoms with Crippen molar-refractivity contribution < 1.29 is 19.4 Å². The van der Waals surface area contributed by atoms with E-state index in [1.54, 1.807) is 4.90 Å². The molecule has 1 heterocycles. The summed E-state index contributed by atoms with van der Waals surface area (Å²) in [4.78, 5) is 14.1. The van der Waals surface area contributed by atoms with Crippen molar-refractivity contribution in [2.24, 2.45) is 5.41 Å². The molecule has 6 heteroatoms. The van der Waals surface area contributed by atoms with Crippen molar-refractivity contribution in [2.45, 2.75) is 64.8 Å². The third-order valence-electron chi connectivity index (χ3n) is 4.67. The van der Waals surface area contributed by atoms with Crippen LogP contribution in [0.1, 0.15) is 41.0 Å². The Balaban J connectivity index is 1.89. The number of amides is 1. The molecule has 0 bridgehead atoms. The van der Waals surface area contributed by atoms with Gasteiger partial charge in [-0.1, -0.05) is 13.8 Å². The number of nitrogens with one attached hydrogen (secondary N) is 1. The lowest BCUT2D eigenvalue weighted by Crippen LogP contribution is -2.63. The van der Waals surface area contributed by atoms with E-state index in [9.17, 15) is 9.90 Å².